The second kappa shape index (κ2) is 4.00. The number of thiazole rings is 1. The van der Waals surface area contributed by atoms with E-state index in [9.17, 15) is 5.11 Å². The van der Waals surface area contributed by atoms with Gasteiger partial charge in [-0.05, 0) is 28.9 Å². The highest BCUT2D eigenvalue weighted by Gasteiger charge is 2.29. The highest BCUT2D eigenvalue weighted by atomic mass is 79.9. The molecule has 0 saturated heterocycles. The molecule has 1 N–H and O–H groups in total. The van der Waals surface area contributed by atoms with E-state index in [1.165, 1.54) is 11.3 Å². The van der Waals surface area contributed by atoms with Crippen LogP contribution in [-0.4, -0.2) is 15.1 Å². The number of aliphatic hydroxyl groups is 1. The van der Waals surface area contributed by atoms with E-state index < -0.39 is 5.60 Å². The Kier molecular flexibility index (Phi) is 2.86. The molecule has 0 spiro atoms. The van der Waals surface area contributed by atoms with Gasteiger partial charge in [0.15, 0.2) is 0 Å². The Bertz CT molecular complexity index is 455. The van der Waals surface area contributed by atoms with E-state index in [1.807, 2.05) is 6.07 Å². The molecule has 0 aliphatic carbocycles. The van der Waals surface area contributed by atoms with Gasteiger partial charge in [0, 0.05) is 18.0 Å². The first-order valence-corrected chi connectivity index (χ1v) is 6.02. The summed E-state index contributed by atoms with van der Waals surface area (Å²) in [5.41, 5.74) is 1.41. The lowest BCUT2D eigenvalue weighted by Gasteiger charge is -2.21. The highest BCUT2D eigenvalue weighted by Crippen LogP contribution is 2.35. The van der Waals surface area contributed by atoms with Gasteiger partial charge in [0.05, 0.1) is 10.4 Å². The van der Waals surface area contributed by atoms with Crippen LogP contribution in [-0.2, 0) is 5.60 Å². The minimum absolute atomic E-state index is 0.682. The molecule has 1 atom stereocenters. The first-order valence-electron chi connectivity index (χ1n) is 4.34. The summed E-state index contributed by atoms with van der Waals surface area (Å²) in [6.45, 7) is 1.74. The fraction of sp³-hybridized carbons (Fsp3) is 0.200. The van der Waals surface area contributed by atoms with Crippen molar-refractivity contribution in [2.24, 2.45) is 0 Å². The van der Waals surface area contributed by atoms with Crippen LogP contribution in [0.15, 0.2) is 34.6 Å². The molecule has 0 aliphatic rings. The van der Waals surface area contributed by atoms with Crippen LogP contribution in [0.4, 0.5) is 0 Å². The van der Waals surface area contributed by atoms with Crippen molar-refractivity contribution in [1.82, 2.24) is 9.97 Å². The quantitative estimate of drug-likeness (QED) is 0.922. The lowest BCUT2D eigenvalue weighted by atomic mass is 9.97. The molecular formula is C10H9BrN2OS. The molecule has 15 heavy (non-hydrogen) atoms. The molecule has 0 saturated carbocycles. The zero-order valence-corrected chi connectivity index (χ0v) is 10.4. The normalized spacial score (nSPS) is 14.9. The zero-order valence-electron chi connectivity index (χ0n) is 8.01. The summed E-state index contributed by atoms with van der Waals surface area (Å²) in [5, 5.41) is 10.4. The molecule has 2 aromatic heterocycles. The number of nitrogens with zero attached hydrogens (tertiary/aromatic N) is 2. The Labute approximate surface area is 100.0 Å². The fourth-order valence-corrected chi connectivity index (χ4v) is 3.00. The van der Waals surface area contributed by atoms with Crippen LogP contribution < -0.4 is 0 Å². The number of hydrogen-bond donors (Lipinski definition) is 1. The Hall–Kier alpha value is -0.780. The molecular weight excluding hydrogens is 276 g/mol. The van der Waals surface area contributed by atoms with Crippen molar-refractivity contribution >= 4 is 27.3 Å². The molecule has 1 unspecified atom stereocenters. The van der Waals surface area contributed by atoms with Crippen LogP contribution in [0.1, 0.15) is 17.4 Å². The molecule has 0 bridgehead atoms. The van der Waals surface area contributed by atoms with Crippen molar-refractivity contribution in [1.29, 1.82) is 0 Å². The summed E-state index contributed by atoms with van der Waals surface area (Å²) in [6, 6.07) is 3.65. The van der Waals surface area contributed by atoms with Gasteiger partial charge >= 0.3 is 0 Å². The molecule has 2 aromatic rings. The van der Waals surface area contributed by atoms with E-state index in [0.29, 0.717) is 4.60 Å². The van der Waals surface area contributed by atoms with E-state index in [1.54, 1.807) is 30.9 Å². The average Bonchev–Trinajstić information content (AvgIpc) is 2.66. The average molecular weight is 285 g/mol. The summed E-state index contributed by atoms with van der Waals surface area (Å²) < 4.78 is 0.682. The third-order valence-electron chi connectivity index (χ3n) is 2.19. The standard InChI is InChI=1S/C10H9BrN2OS/c1-10(14,7-3-2-4-12-5-7)8-9(11)13-6-15-8/h2-6,14H,1H3. The first kappa shape index (κ1) is 10.7. The van der Waals surface area contributed by atoms with Crippen LogP contribution in [0, 0.1) is 0 Å². The predicted octanol–water partition coefficient (Wildman–Crippen LogP) is 2.56. The van der Waals surface area contributed by atoms with Gasteiger partial charge < -0.3 is 5.11 Å². The van der Waals surface area contributed by atoms with Gasteiger partial charge in [-0.3, -0.25) is 4.98 Å². The van der Waals surface area contributed by atoms with Crippen LogP contribution in [0.2, 0.25) is 0 Å². The topological polar surface area (TPSA) is 46.0 Å². The van der Waals surface area contributed by atoms with Gasteiger partial charge in [0.2, 0.25) is 0 Å². The smallest absolute Gasteiger partial charge is 0.125 e. The van der Waals surface area contributed by atoms with Crippen molar-refractivity contribution in [3.8, 4) is 0 Å². The fourth-order valence-electron chi connectivity index (χ4n) is 1.33. The van der Waals surface area contributed by atoms with Crippen molar-refractivity contribution in [2.75, 3.05) is 0 Å². The lowest BCUT2D eigenvalue weighted by Crippen LogP contribution is -2.22. The minimum atomic E-state index is -1.05. The molecule has 5 heteroatoms. The second-order valence-electron chi connectivity index (χ2n) is 3.29. The minimum Gasteiger partial charge on any atom is -0.380 e. The van der Waals surface area contributed by atoms with Gasteiger partial charge in [-0.2, -0.15) is 0 Å². The molecule has 0 amide bonds. The molecule has 0 fully saturated rings. The monoisotopic (exact) mass is 284 g/mol. The molecule has 0 radical (unpaired) electrons. The Balaban J connectivity index is 2.48. The van der Waals surface area contributed by atoms with Gasteiger partial charge in [0.1, 0.15) is 10.2 Å². The summed E-state index contributed by atoms with van der Waals surface area (Å²) in [5.74, 6) is 0. The Morgan fingerprint density at radius 2 is 2.33 bits per heavy atom. The number of aromatic nitrogens is 2. The molecule has 2 heterocycles. The Morgan fingerprint density at radius 1 is 1.53 bits per heavy atom. The predicted molar refractivity (Wildman–Crippen MR) is 62.7 cm³/mol. The van der Waals surface area contributed by atoms with Crippen molar-refractivity contribution in [2.45, 2.75) is 12.5 Å². The third-order valence-corrected chi connectivity index (χ3v) is 4.09. The maximum Gasteiger partial charge on any atom is 0.125 e. The van der Waals surface area contributed by atoms with Gasteiger partial charge in [0.25, 0.3) is 0 Å². The van der Waals surface area contributed by atoms with E-state index in [4.69, 9.17) is 0 Å². The van der Waals surface area contributed by atoms with Crippen LogP contribution in [0.25, 0.3) is 0 Å². The maximum absolute atomic E-state index is 10.4. The van der Waals surface area contributed by atoms with Crippen molar-refractivity contribution in [3.05, 3.63) is 45.1 Å². The number of pyridine rings is 1. The summed E-state index contributed by atoms with van der Waals surface area (Å²) in [7, 11) is 0. The molecule has 78 valence electrons. The van der Waals surface area contributed by atoms with Gasteiger partial charge in [-0.15, -0.1) is 11.3 Å². The molecule has 0 aliphatic heterocycles. The largest absolute Gasteiger partial charge is 0.380 e. The summed E-state index contributed by atoms with van der Waals surface area (Å²) >= 11 is 4.73. The summed E-state index contributed by atoms with van der Waals surface area (Å²) in [6.07, 6.45) is 3.34. The SMILES string of the molecule is CC(O)(c1cccnc1)c1scnc1Br. The third kappa shape index (κ3) is 1.95. The van der Waals surface area contributed by atoms with E-state index in [-0.39, 0.29) is 0 Å². The van der Waals surface area contributed by atoms with E-state index >= 15 is 0 Å². The van der Waals surface area contributed by atoms with Crippen LogP contribution in [0.5, 0.6) is 0 Å². The molecule has 0 aromatic carbocycles. The number of rotatable bonds is 2. The van der Waals surface area contributed by atoms with Crippen molar-refractivity contribution < 1.29 is 5.11 Å². The van der Waals surface area contributed by atoms with Crippen LogP contribution >= 0.6 is 27.3 Å². The highest BCUT2D eigenvalue weighted by molar-refractivity contribution is 9.10. The van der Waals surface area contributed by atoms with E-state index in [2.05, 4.69) is 25.9 Å². The number of hydrogen-bond acceptors (Lipinski definition) is 4. The Morgan fingerprint density at radius 3 is 2.87 bits per heavy atom. The van der Waals surface area contributed by atoms with Gasteiger partial charge in [-0.25, -0.2) is 4.98 Å². The van der Waals surface area contributed by atoms with Gasteiger partial charge in [-0.1, -0.05) is 6.07 Å². The second-order valence-corrected chi connectivity index (χ2v) is 4.89. The molecule has 2 rings (SSSR count). The lowest BCUT2D eigenvalue weighted by molar-refractivity contribution is 0.105. The maximum atomic E-state index is 10.4. The zero-order chi connectivity index (χ0) is 10.9. The first-order chi connectivity index (χ1) is 7.12. The van der Waals surface area contributed by atoms with Crippen LogP contribution in [0.3, 0.4) is 0 Å². The van der Waals surface area contributed by atoms with Crippen molar-refractivity contribution in [3.63, 3.8) is 0 Å². The molecule has 3 nitrogen and oxygen atoms in total. The van der Waals surface area contributed by atoms with E-state index in [0.717, 1.165) is 10.4 Å². The number of halogens is 1. The summed E-state index contributed by atoms with van der Waals surface area (Å²) in [4.78, 5) is 8.85.